The maximum atomic E-state index is 10.8. The number of phenols is 1. The highest BCUT2D eigenvalue weighted by atomic mass is 127. The van der Waals surface area contributed by atoms with Crippen molar-refractivity contribution in [1.82, 2.24) is 0 Å². The van der Waals surface area contributed by atoms with Crippen LogP contribution in [0.15, 0.2) is 89.1 Å². The molecule has 0 heterocycles. The lowest BCUT2D eigenvalue weighted by atomic mass is 9.72. The summed E-state index contributed by atoms with van der Waals surface area (Å²) in [5.41, 5.74) is 6.40. The fraction of sp³-hybridized carbons (Fsp3) is 0.324. The largest absolute Gasteiger partial charge is 0.507 e. The van der Waals surface area contributed by atoms with Crippen LogP contribution in [0.5, 0.6) is 17.2 Å². The van der Waals surface area contributed by atoms with Gasteiger partial charge in [-0.2, -0.15) is 0 Å². The molecule has 0 unspecified atom stereocenters. The van der Waals surface area contributed by atoms with Crippen LogP contribution in [0, 0.1) is 16.1 Å². The second-order valence-electron chi connectivity index (χ2n) is 10.8. The van der Waals surface area contributed by atoms with Crippen LogP contribution in [0.4, 0.5) is 0 Å². The van der Waals surface area contributed by atoms with E-state index in [9.17, 15) is 9.90 Å². The number of carboxylic acid groups (broad SMARTS) is 1. The first-order chi connectivity index (χ1) is 19.7. The maximum Gasteiger partial charge on any atom is 0.307 e. The van der Waals surface area contributed by atoms with Gasteiger partial charge >= 0.3 is 5.97 Å². The van der Waals surface area contributed by atoms with Crippen LogP contribution >= 0.6 is 67.8 Å². The number of benzene rings is 2. The molecule has 1 aliphatic rings. The predicted octanol–water partition coefficient (Wildman–Crippen LogP) is 10.1. The van der Waals surface area contributed by atoms with Crippen molar-refractivity contribution in [3.05, 3.63) is 105 Å². The summed E-state index contributed by atoms with van der Waals surface area (Å²) >= 11 is 6.28. The molecule has 5 nitrogen and oxygen atoms in total. The number of carboxylic acids is 1. The van der Waals surface area contributed by atoms with E-state index in [0.717, 1.165) is 18.3 Å². The van der Waals surface area contributed by atoms with E-state index in [1.165, 1.54) is 36.0 Å². The molecule has 0 bridgehead atoms. The molecule has 0 amide bonds. The number of aliphatic hydroxyl groups is 1. The monoisotopic (exact) mass is 908 g/mol. The van der Waals surface area contributed by atoms with Crippen molar-refractivity contribution in [2.75, 3.05) is 6.61 Å². The minimum atomic E-state index is -0.858. The Morgan fingerprint density at radius 2 is 1.69 bits per heavy atom. The number of ether oxygens (including phenoxy) is 1. The summed E-state index contributed by atoms with van der Waals surface area (Å²) in [5, 5.41) is 27.2. The van der Waals surface area contributed by atoms with Gasteiger partial charge in [0.05, 0.1) is 23.7 Å². The molecule has 42 heavy (non-hydrogen) atoms. The number of aliphatic hydroxyl groups excluding tert-OH is 1. The zero-order valence-electron chi connectivity index (χ0n) is 24.7. The maximum absolute atomic E-state index is 10.8. The number of phenolic OH excluding ortho intramolecular Hbond substituents is 1. The summed E-state index contributed by atoms with van der Waals surface area (Å²) in [5.74, 6) is 0.665. The quantitative estimate of drug-likeness (QED) is 0.172. The molecule has 2 aromatic carbocycles. The molecule has 0 saturated carbocycles. The topological polar surface area (TPSA) is 87.0 Å². The molecule has 0 aliphatic heterocycles. The normalized spacial score (nSPS) is 15.6. The molecule has 0 aromatic heterocycles. The Balaban J connectivity index is 0.000000293. The van der Waals surface area contributed by atoms with E-state index < -0.39 is 5.97 Å². The van der Waals surface area contributed by atoms with Crippen molar-refractivity contribution in [2.45, 2.75) is 60.3 Å². The highest BCUT2D eigenvalue weighted by molar-refractivity contribution is 14.1. The van der Waals surface area contributed by atoms with E-state index in [-0.39, 0.29) is 18.8 Å². The summed E-state index contributed by atoms with van der Waals surface area (Å²) in [4.78, 5) is 10.8. The van der Waals surface area contributed by atoms with Gasteiger partial charge in [-0.15, -0.1) is 0 Å². The van der Waals surface area contributed by atoms with Gasteiger partial charge in [-0.3, -0.25) is 4.79 Å². The minimum absolute atomic E-state index is 0.0105. The van der Waals surface area contributed by atoms with Crippen LogP contribution in [0.2, 0.25) is 0 Å². The number of hydrogen-bond donors (Lipinski definition) is 3. The third-order valence-corrected chi connectivity index (χ3v) is 9.21. The molecule has 2 aromatic rings. The Bertz CT molecular complexity index is 1390. The summed E-state index contributed by atoms with van der Waals surface area (Å²) in [6.07, 6.45) is 16.3. The van der Waals surface area contributed by atoms with E-state index >= 15 is 0 Å². The average Bonchev–Trinajstić information content (AvgIpc) is 2.88. The first-order valence-corrected chi connectivity index (χ1v) is 16.8. The molecule has 226 valence electrons. The van der Waals surface area contributed by atoms with Crippen molar-refractivity contribution < 1.29 is 24.9 Å². The van der Waals surface area contributed by atoms with Crippen molar-refractivity contribution in [2.24, 2.45) is 5.41 Å². The van der Waals surface area contributed by atoms with Crippen molar-refractivity contribution in [3.63, 3.8) is 0 Å². The van der Waals surface area contributed by atoms with Gasteiger partial charge in [-0.05, 0) is 155 Å². The Kier molecular flexibility index (Phi) is 15.3. The Labute approximate surface area is 291 Å². The minimum Gasteiger partial charge on any atom is -0.507 e. The fourth-order valence-electron chi connectivity index (χ4n) is 4.50. The SMILES string of the molecule is CC1=C(/C=C/C(C)=C/C=C/C(C)=C/CO)C(C)(C)CCC1.O=C(O)Cc1cc(I)c(Oc2ccc(O)c(I)c2)c(I)c1. The van der Waals surface area contributed by atoms with Crippen molar-refractivity contribution >= 4 is 73.7 Å². The van der Waals surface area contributed by atoms with Crippen LogP contribution in [-0.2, 0) is 11.2 Å². The summed E-state index contributed by atoms with van der Waals surface area (Å²) < 4.78 is 8.26. The molecule has 0 fully saturated rings. The molecule has 1 aliphatic carbocycles. The number of hydrogen-bond acceptors (Lipinski definition) is 4. The van der Waals surface area contributed by atoms with Gasteiger partial charge in [0.15, 0.2) is 5.75 Å². The lowest BCUT2D eigenvalue weighted by Crippen LogP contribution is -2.19. The van der Waals surface area contributed by atoms with Gasteiger partial charge < -0.3 is 20.1 Å². The number of carbonyl (C=O) groups is 1. The standard InChI is InChI=1S/C20H30O.C14H9I3O4/c1-16(8-6-9-17(2)13-15-21)11-12-19-18(3)10-7-14-20(19,4)5;15-9-6-8(1-2-12(9)18)21-14-10(16)3-7(4-11(14)17)5-13(19)20/h6,8-9,11-13,21H,7,10,14-15H2,1-5H3;1-4,6,18H,5H2,(H,19,20)/b9-6+,12-11+,16-8+,17-13+;. The number of allylic oxidation sites excluding steroid dienone is 9. The lowest BCUT2D eigenvalue weighted by Gasteiger charge is -2.32. The third kappa shape index (κ3) is 12.2. The first-order valence-electron chi connectivity index (χ1n) is 13.6. The molecule has 3 N–H and O–H groups in total. The van der Waals surface area contributed by atoms with E-state index in [4.69, 9.17) is 14.9 Å². The zero-order valence-corrected chi connectivity index (χ0v) is 31.2. The molecule has 0 atom stereocenters. The Morgan fingerprint density at radius 3 is 2.26 bits per heavy atom. The number of halogens is 3. The number of aromatic hydroxyl groups is 1. The highest BCUT2D eigenvalue weighted by Crippen LogP contribution is 2.41. The summed E-state index contributed by atoms with van der Waals surface area (Å²) in [6, 6.07) is 8.62. The number of aliphatic carboxylic acids is 1. The fourth-order valence-corrected chi connectivity index (χ4v) is 7.10. The molecular weight excluding hydrogens is 869 g/mol. The second-order valence-corrected chi connectivity index (χ2v) is 14.3. The molecule has 0 radical (unpaired) electrons. The molecule has 8 heteroatoms. The van der Waals surface area contributed by atoms with Gasteiger partial charge in [0, 0.05) is 0 Å². The summed E-state index contributed by atoms with van der Waals surface area (Å²) in [6.45, 7) is 11.2. The molecule has 0 saturated heterocycles. The Hall–Kier alpha value is -1.64. The van der Waals surface area contributed by atoms with Crippen molar-refractivity contribution in [1.29, 1.82) is 0 Å². The van der Waals surface area contributed by atoms with Crippen LogP contribution in [0.25, 0.3) is 0 Å². The van der Waals surface area contributed by atoms with Gasteiger partial charge in [0.2, 0.25) is 0 Å². The zero-order chi connectivity index (χ0) is 31.4. The Morgan fingerprint density at radius 1 is 1.02 bits per heavy atom. The molecule has 3 rings (SSSR count). The van der Waals surface area contributed by atoms with Gasteiger partial charge in [-0.25, -0.2) is 0 Å². The van der Waals surface area contributed by atoms with Crippen LogP contribution in [0.1, 0.15) is 59.4 Å². The highest BCUT2D eigenvalue weighted by Gasteiger charge is 2.26. The van der Waals surface area contributed by atoms with Crippen molar-refractivity contribution in [3.8, 4) is 17.2 Å². The lowest BCUT2D eigenvalue weighted by molar-refractivity contribution is -0.136. The predicted molar refractivity (Wildman–Crippen MR) is 197 cm³/mol. The third-order valence-electron chi connectivity index (χ3n) is 6.74. The molecule has 0 spiro atoms. The number of rotatable bonds is 9. The van der Waals surface area contributed by atoms with Gasteiger partial charge in [0.1, 0.15) is 11.5 Å². The van der Waals surface area contributed by atoms with E-state index in [1.807, 2.05) is 41.7 Å². The van der Waals surface area contributed by atoms with Crippen LogP contribution < -0.4 is 4.74 Å². The van der Waals surface area contributed by atoms with Gasteiger partial charge in [-0.1, -0.05) is 67.0 Å². The van der Waals surface area contributed by atoms with E-state index in [1.54, 1.807) is 36.4 Å². The van der Waals surface area contributed by atoms with Gasteiger partial charge in [0.25, 0.3) is 0 Å². The van der Waals surface area contributed by atoms with Crippen LogP contribution in [-0.4, -0.2) is 27.9 Å². The average molecular weight is 908 g/mol. The van der Waals surface area contributed by atoms with E-state index in [2.05, 4.69) is 91.1 Å². The first kappa shape index (κ1) is 36.6. The van der Waals surface area contributed by atoms with Crippen LogP contribution in [0.3, 0.4) is 0 Å². The smallest absolute Gasteiger partial charge is 0.307 e. The van der Waals surface area contributed by atoms with E-state index in [0.29, 0.717) is 20.5 Å². The molecular formula is C34H39I3O5. The second kappa shape index (κ2) is 17.6. The summed E-state index contributed by atoms with van der Waals surface area (Å²) in [7, 11) is 0.